The SMILES string of the molecule is Cn1c([N+](=O)[O-])nc(/C=C/c2ccccc2)c1CO. The largest absolute Gasteiger partial charge is 0.435 e. The van der Waals surface area contributed by atoms with Crippen LogP contribution in [-0.4, -0.2) is 19.6 Å². The van der Waals surface area contributed by atoms with Crippen LogP contribution in [0.5, 0.6) is 0 Å². The number of aliphatic hydroxyl groups excluding tert-OH is 1. The predicted octanol–water partition coefficient (Wildman–Crippen LogP) is 1.99. The summed E-state index contributed by atoms with van der Waals surface area (Å²) in [6.45, 7) is -0.300. The molecule has 1 aromatic heterocycles. The summed E-state index contributed by atoms with van der Waals surface area (Å²) in [5, 5.41) is 20.1. The number of benzene rings is 1. The molecular formula is C13H13N3O3. The molecule has 0 aliphatic rings. The number of nitrogens with zero attached hydrogens (tertiary/aromatic N) is 3. The average Bonchev–Trinajstić information content (AvgIpc) is 2.74. The van der Waals surface area contributed by atoms with Crippen molar-refractivity contribution in [3.8, 4) is 0 Å². The summed E-state index contributed by atoms with van der Waals surface area (Å²) >= 11 is 0. The molecule has 1 aromatic carbocycles. The lowest BCUT2D eigenvalue weighted by atomic mass is 10.2. The highest BCUT2D eigenvalue weighted by atomic mass is 16.6. The van der Waals surface area contributed by atoms with Crippen molar-refractivity contribution in [2.24, 2.45) is 7.05 Å². The molecule has 0 unspecified atom stereocenters. The van der Waals surface area contributed by atoms with Crippen molar-refractivity contribution in [2.75, 3.05) is 0 Å². The molecule has 0 bridgehead atoms. The van der Waals surface area contributed by atoms with Crippen LogP contribution in [0.15, 0.2) is 30.3 Å². The van der Waals surface area contributed by atoms with Crippen LogP contribution in [0.1, 0.15) is 17.0 Å². The van der Waals surface area contributed by atoms with E-state index in [2.05, 4.69) is 4.98 Å². The Bertz CT molecular complexity index is 618. The van der Waals surface area contributed by atoms with Gasteiger partial charge in [-0.05, 0) is 16.6 Å². The van der Waals surface area contributed by atoms with Crippen molar-refractivity contribution >= 4 is 18.1 Å². The first kappa shape index (κ1) is 13.0. The van der Waals surface area contributed by atoms with Gasteiger partial charge in [-0.3, -0.25) is 0 Å². The van der Waals surface area contributed by atoms with Crippen LogP contribution in [-0.2, 0) is 13.7 Å². The Balaban J connectivity index is 2.37. The Kier molecular flexibility index (Phi) is 3.72. The fourth-order valence-electron chi connectivity index (χ4n) is 1.76. The molecular weight excluding hydrogens is 246 g/mol. The number of hydrogen-bond donors (Lipinski definition) is 1. The van der Waals surface area contributed by atoms with Gasteiger partial charge < -0.3 is 15.2 Å². The van der Waals surface area contributed by atoms with Gasteiger partial charge in [-0.25, -0.2) is 4.57 Å². The normalized spacial score (nSPS) is 11.1. The molecule has 1 N–H and O–H groups in total. The van der Waals surface area contributed by atoms with Gasteiger partial charge in [0.15, 0.2) is 5.69 Å². The van der Waals surface area contributed by atoms with Crippen LogP contribution < -0.4 is 0 Å². The third kappa shape index (κ3) is 2.69. The van der Waals surface area contributed by atoms with Gasteiger partial charge in [0.2, 0.25) is 0 Å². The number of imidazole rings is 1. The van der Waals surface area contributed by atoms with Gasteiger partial charge in [0.05, 0.1) is 7.05 Å². The molecule has 98 valence electrons. The standard InChI is InChI=1S/C13H13N3O3/c1-15-12(9-17)11(14-13(15)16(18)19)8-7-10-5-3-2-4-6-10/h2-8,17H,9H2,1H3/b8-7+. The van der Waals surface area contributed by atoms with E-state index in [1.165, 1.54) is 11.6 Å². The van der Waals surface area contributed by atoms with Crippen molar-refractivity contribution in [3.05, 3.63) is 57.4 Å². The third-order valence-corrected chi connectivity index (χ3v) is 2.77. The van der Waals surface area contributed by atoms with Gasteiger partial charge in [-0.15, -0.1) is 0 Å². The fraction of sp³-hybridized carbons (Fsp3) is 0.154. The molecule has 0 aliphatic carbocycles. The van der Waals surface area contributed by atoms with E-state index in [4.69, 9.17) is 0 Å². The zero-order valence-electron chi connectivity index (χ0n) is 10.4. The second kappa shape index (κ2) is 5.45. The molecule has 0 atom stereocenters. The van der Waals surface area contributed by atoms with Gasteiger partial charge in [0, 0.05) is 0 Å². The number of aromatic nitrogens is 2. The monoisotopic (exact) mass is 259 g/mol. The van der Waals surface area contributed by atoms with E-state index in [1.54, 1.807) is 12.2 Å². The van der Waals surface area contributed by atoms with E-state index in [0.29, 0.717) is 11.4 Å². The predicted molar refractivity (Wildman–Crippen MR) is 71.2 cm³/mol. The molecule has 0 amide bonds. The summed E-state index contributed by atoms with van der Waals surface area (Å²) in [5.74, 6) is -0.281. The highest BCUT2D eigenvalue weighted by Crippen LogP contribution is 2.18. The van der Waals surface area contributed by atoms with Gasteiger partial charge in [-0.1, -0.05) is 41.4 Å². The van der Waals surface area contributed by atoms with Gasteiger partial charge in [-0.2, -0.15) is 0 Å². The maximum Gasteiger partial charge on any atom is 0.435 e. The summed E-state index contributed by atoms with van der Waals surface area (Å²) in [6.07, 6.45) is 3.46. The smallest absolute Gasteiger partial charge is 0.390 e. The number of rotatable bonds is 4. The molecule has 2 aromatic rings. The average molecular weight is 259 g/mol. The van der Waals surface area contributed by atoms with Crippen LogP contribution in [0, 0.1) is 10.1 Å². The lowest BCUT2D eigenvalue weighted by molar-refractivity contribution is -0.396. The van der Waals surface area contributed by atoms with Crippen molar-refractivity contribution in [1.29, 1.82) is 0 Å². The van der Waals surface area contributed by atoms with Crippen LogP contribution in [0.3, 0.4) is 0 Å². The first-order valence-electron chi connectivity index (χ1n) is 5.67. The van der Waals surface area contributed by atoms with E-state index in [-0.39, 0.29) is 12.6 Å². The Morgan fingerprint density at radius 1 is 1.37 bits per heavy atom. The summed E-state index contributed by atoms with van der Waals surface area (Å²) in [5.41, 5.74) is 1.78. The zero-order chi connectivity index (χ0) is 13.8. The number of nitro groups is 1. The minimum atomic E-state index is -0.570. The van der Waals surface area contributed by atoms with Gasteiger partial charge in [0.25, 0.3) is 0 Å². The summed E-state index contributed by atoms with van der Waals surface area (Å²) in [6, 6.07) is 9.52. The van der Waals surface area contributed by atoms with Crippen molar-refractivity contribution < 1.29 is 10.0 Å². The van der Waals surface area contributed by atoms with Crippen molar-refractivity contribution in [1.82, 2.24) is 9.55 Å². The molecule has 6 nitrogen and oxygen atoms in total. The lowest BCUT2D eigenvalue weighted by Gasteiger charge is -1.95. The maximum atomic E-state index is 10.8. The van der Waals surface area contributed by atoms with E-state index in [1.807, 2.05) is 30.3 Å². The Morgan fingerprint density at radius 2 is 2.05 bits per heavy atom. The Hall–Kier alpha value is -2.47. The highest BCUT2D eigenvalue weighted by molar-refractivity contribution is 5.69. The van der Waals surface area contributed by atoms with Gasteiger partial charge in [0.1, 0.15) is 12.3 Å². The first-order chi connectivity index (χ1) is 9.13. The molecule has 6 heteroatoms. The van der Waals surface area contributed by atoms with E-state index in [9.17, 15) is 15.2 Å². The van der Waals surface area contributed by atoms with Crippen molar-refractivity contribution in [3.63, 3.8) is 0 Å². The summed E-state index contributed by atoms with van der Waals surface area (Å²) in [7, 11) is 1.51. The Morgan fingerprint density at radius 3 is 2.63 bits per heavy atom. The lowest BCUT2D eigenvalue weighted by Crippen LogP contribution is -2.01. The maximum absolute atomic E-state index is 10.8. The molecule has 2 rings (SSSR count). The molecule has 0 saturated heterocycles. The fourth-order valence-corrected chi connectivity index (χ4v) is 1.76. The molecule has 0 spiro atoms. The summed E-state index contributed by atoms with van der Waals surface area (Å²) < 4.78 is 1.28. The van der Waals surface area contributed by atoms with Crippen LogP contribution in [0.2, 0.25) is 0 Å². The summed E-state index contributed by atoms with van der Waals surface area (Å²) in [4.78, 5) is 14.1. The molecule has 0 radical (unpaired) electrons. The topological polar surface area (TPSA) is 81.2 Å². The quantitative estimate of drug-likeness (QED) is 0.672. The molecule has 0 fully saturated rings. The third-order valence-electron chi connectivity index (χ3n) is 2.77. The minimum absolute atomic E-state index is 0.281. The van der Waals surface area contributed by atoms with E-state index >= 15 is 0 Å². The Labute approximate surface area is 109 Å². The molecule has 0 aliphatic heterocycles. The van der Waals surface area contributed by atoms with E-state index in [0.717, 1.165) is 5.56 Å². The first-order valence-corrected chi connectivity index (χ1v) is 5.67. The van der Waals surface area contributed by atoms with Crippen LogP contribution in [0.4, 0.5) is 5.95 Å². The second-order valence-electron chi connectivity index (χ2n) is 3.96. The molecule has 19 heavy (non-hydrogen) atoms. The number of aliphatic hydroxyl groups is 1. The zero-order valence-corrected chi connectivity index (χ0v) is 10.4. The highest BCUT2D eigenvalue weighted by Gasteiger charge is 2.22. The second-order valence-corrected chi connectivity index (χ2v) is 3.96. The van der Waals surface area contributed by atoms with Crippen molar-refractivity contribution in [2.45, 2.75) is 6.61 Å². The van der Waals surface area contributed by atoms with Gasteiger partial charge >= 0.3 is 5.95 Å². The number of hydrogen-bond acceptors (Lipinski definition) is 4. The molecule has 0 saturated carbocycles. The van der Waals surface area contributed by atoms with E-state index < -0.39 is 4.92 Å². The van der Waals surface area contributed by atoms with Crippen LogP contribution in [0.25, 0.3) is 12.2 Å². The molecule has 1 heterocycles. The van der Waals surface area contributed by atoms with Crippen LogP contribution >= 0.6 is 0 Å². The minimum Gasteiger partial charge on any atom is -0.390 e.